The summed E-state index contributed by atoms with van der Waals surface area (Å²) in [5, 5.41) is 12.9. The summed E-state index contributed by atoms with van der Waals surface area (Å²) in [5.74, 6) is -6.10. The summed E-state index contributed by atoms with van der Waals surface area (Å²) in [6.07, 6.45) is -5.80. The highest BCUT2D eigenvalue weighted by Crippen LogP contribution is 2.45. The highest BCUT2D eigenvalue weighted by atomic mass is 79.9. The summed E-state index contributed by atoms with van der Waals surface area (Å²) in [4.78, 5) is 12.2. The van der Waals surface area contributed by atoms with Crippen LogP contribution in [0.1, 0.15) is 31.9 Å². The van der Waals surface area contributed by atoms with Gasteiger partial charge in [0.05, 0.1) is 12.1 Å². The smallest absolute Gasteiger partial charge is 0.342 e. The van der Waals surface area contributed by atoms with E-state index in [9.17, 15) is 26.7 Å². The standard InChI is InChI=1S/C17H19BrF5N3O/c1-10(2)9-13(15(27)25-8-7-24)26-14(16(19,20)17(21,22)23)11-3-5-12(18)6-4-11/h3-6,10,13-14,26H,8-9H2,1-2H3,(H,25,27)/t13-,14?/m0/s1. The number of rotatable bonds is 8. The van der Waals surface area contributed by atoms with Gasteiger partial charge >= 0.3 is 12.1 Å². The fourth-order valence-corrected chi connectivity index (χ4v) is 2.67. The number of halogens is 6. The number of carbonyl (C=O) groups is 1. The average molecular weight is 456 g/mol. The highest BCUT2D eigenvalue weighted by molar-refractivity contribution is 9.10. The van der Waals surface area contributed by atoms with E-state index in [-0.39, 0.29) is 24.4 Å². The van der Waals surface area contributed by atoms with Crippen LogP contribution in [0.3, 0.4) is 0 Å². The van der Waals surface area contributed by atoms with Gasteiger partial charge < -0.3 is 5.32 Å². The molecule has 0 aliphatic heterocycles. The quantitative estimate of drug-likeness (QED) is 0.452. The Morgan fingerprint density at radius 2 is 1.74 bits per heavy atom. The molecule has 0 saturated heterocycles. The summed E-state index contributed by atoms with van der Waals surface area (Å²) < 4.78 is 68.0. The first-order valence-corrected chi connectivity index (χ1v) is 8.80. The summed E-state index contributed by atoms with van der Waals surface area (Å²) >= 11 is 3.09. The third-order valence-electron chi connectivity index (χ3n) is 3.68. The fraction of sp³-hybridized carbons (Fsp3) is 0.529. The van der Waals surface area contributed by atoms with Crippen molar-refractivity contribution in [3.05, 3.63) is 34.3 Å². The maximum Gasteiger partial charge on any atom is 0.455 e. The topological polar surface area (TPSA) is 64.9 Å². The molecule has 2 N–H and O–H groups in total. The van der Waals surface area contributed by atoms with Crippen LogP contribution in [-0.4, -0.2) is 30.6 Å². The molecular weight excluding hydrogens is 437 g/mol. The molecular formula is C17H19BrF5N3O. The lowest BCUT2D eigenvalue weighted by Crippen LogP contribution is -2.54. The molecule has 0 saturated carbocycles. The maximum absolute atomic E-state index is 14.2. The second-order valence-electron chi connectivity index (χ2n) is 6.33. The lowest BCUT2D eigenvalue weighted by atomic mass is 9.96. The van der Waals surface area contributed by atoms with Crippen molar-refractivity contribution in [2.45, 2.75) is 44.5 Å². The van der Waals surface area contributed by atoms with Crippen LogP contribution in [0.2, 0.25) is 0 Å². The molecule has 0 aliphatic carbocycles. The van der Waals surface area contributed by atoms with Crippen molar-refractivity contribution in [2.75, 3.05) is 6.54 Å². The zero-order valence-corrected chi connectivity index (χ0v) is 16.2. The number of nitriles is 1. The number of carbonyl (C=O) groups excluding carboxylic acids is 1. The Balaban J connectivity index is 3.29. The van der Waals surface area contributed by atoms with Gasteiger partial charge in [-0.1, -0.05) is 41.9 Å². The number of hydrogen-bond donors (Lipinski definition) is 2. The van der Waals surface area contributed by atoms with E-state index in [2.05, 4.69) is 26.6 Å². The third-order valence-corrected chi connectivity index (χ3v) is 4.21. The van der Waals surface area contributed by atoms with E-state index in [0.717, 1.165) is 12.1 Å². The number of nitrogens with one attached hydrogen (secondary N) is 2. The molecule has 1 aromatic rings. The molecule has 150 valence electrons. The Morgan fingerprint density at radius 3 is 2.19 bits per heavy atom. The summed E-state index contributed by atoms with van der Waals surface area (Å²) in [7, 11) is 0. The molecule has 4 nitrogen and oxygen atoms in total. The van der Waals surface area contributed by atoms with Crippen molar-refractivity contribution in [3.8, 4) is 6.07 Å². The lowest BCUT2D eigenvalue weighted by molar-refractivity contribution is -0.295. The molecule has 1 amide bonds. The van der Waals surface area contributed by atoms with Crippen LogP contribution in [0.25, 0.3) is 0 Å². The average Bonchev–Trinajstić information content (AvgIpc) is 2.55. The molecule has 2 atom stereocenters. The third kappa shape index (κ3) is 6.43. The van der Waals surface area contributed by atoms with E-state index < -0.39 is 30.1 Å². The molecule has 1 unspecified atom stereocenters. The predicted molar refractivity (Wildman–Crippen MR) is 92.9 cm³/mol. The minimum Gasteiger partial charge on any atom is -0.342 e. The molecule has 1 rings (SSSR count). The highest BCUT2D eigenvalue weighted by Gasteiger charge is 2.63. The van der Waals surface area contributed by atoms with E-state index in [4.69, 9.17) is 5.26 Å². The normalized spacial score (nSPS) is 14.5. The zero-order valence-electron chi connectivity index (χ0n) is 14.6. The Bertz CT molecular complexity index is 671. The molecule has 10 heteroatoms. The lowest BCUT2D eigenvalue weighted by Gasteiger charge is -2.33. The van der Waals surface area contributed by atoms with Gasteiger partial charge in [-0.05, 0) is 30.0 Å². The van der Waals surface area contributed by atoms with Gasteiger partial charge in [0, 0.05) is 4.47 Å². The van der Waals surface area contributed by atoms with Crippen molar-refractivity contribution in [1.82, 2.24) is 10.6 Å². The molecule has 0 heterocycles. The van der Waals surface area contributed by atoms with Crippen LogP contribution < -0.4 is 10.6 Å². The molecule has 0 aliphatic rings. The summed E-state index contributed by atoms with van der Waals surface area (Å²) in [6, 6.07) is 2.78. The largest absolute Gasteiger partial charge is 0.455 e. The first-order valence-electron chi connectivity index (χ1n) is 8.00. The molecule has 27 heavy (non-hydrogen) atoms. The molecule has 0 fully saturated rings. The van der Waals surface area contributed by atoms with Crippen LogP contribution in [-0.2, 0) is 4.79 Å². The fourth-order valence-electron chi connectivity index (χ4n) is 2.40. The number of nitrogens with zero attached hydrogens (tertiary/aromatic N) is 1. The number of hydrogen-bond acceptors (Lipinski definition) is 3. The van der Waals surface area contributed by atoms with Crippen LogP contribution in [0.5, 0.6) is 0 Å². The van der Waals surface area contributed by atoms with Gasteiger partial charge in [-0.3, -0.25) is 10.1 Å². The number of alkyl halides is 5. The van der Waals surface area contributed by atoms with Gasteiger partial charge in [-0.15, -0.1) is 0 Å². The van der Waals surface area contributed by atoms with Gasteiger partial charge in [-0.2, -0.15) is 27.2 Å². The maximum atomic E-state index is 14.2. The van der Waals surface area contributed by atoms with Crippen LogP contribution in [0, 0.1) is 17.2 Å². The van der Waals surface area contributed by atoms with Gasteiger partial charge in [0.25, 0.3) is 0 Å². The first-order chi connectivity index (χ1) is 12.4. The van der Waals surface area contributed by atoms with E-state index in [1.165, 1.54) is 12.1 Å². The second kappa shape index (κ2) is 9.46. The molecule has 0 spiro atoms. The van der Waals surface area contributed by atoms with Gasteiger partial charge in [-0.25, -0.2) is 0 Å². The van der Waals surface area contributed by atoms with Crippen LogP contribution >= 0.6 is 15.9 Å². The Kier molecular flexibility index (Phi) is 8.17. The monoisotopic (exact) mass is 455 g/mol. The molecule has 0 bridgehead atoms. The summed E-state index contributed by atoms with van der Waals surface area (Å²) in [6.45, 7) is 3.01. The van der Waals surface area contributed by atoms with E-state index >= 15 is 0 Å². The Labute approximate surface area is 162 Å². The van der Waals surface area contributed by atoms with Crippen molar-refractivity contribution < 1.29 is 26.7 Å². The van der Waals surface area contributed by atoms with E-state index in [1.54, 1.807) is 19.9 Å². The Hall–Kier alpha value is -1.73. The first kappa shape index (κ1) is 23.3. The molecule has 0 radical (unpaired) electrons. The van der Waals surface area contributed by atoms with Crippen molar-refractivity contribution in [2.24, 2.45) is 5.92 Å². The summed E-state index contributed by atoms with van der Waals surface area (Å²) in [5.41, 5.74) is -0.317. The number of amides is 1. The minimum atomic E-state index is -5.82. The van der Waals surface area contributed by atoms with Crippen molar-refractivity contribution in [1.29, 1.82) is 5.26 Å². The van der Waals surface area contributed by atoms with Gasteiger partial charge in [0.1, 0.15) is 12.6 Å². The van der Waals surface area contributed by atoms with Crippen LogP contribution in [0.4, 0.5) is 22.0 Å². The Morgan fingerprint density at radius 1 is 1.19 bits per heavy atom. The SMILES string of the molecule is CC(C)C[C@H](NC(c1ccc(Br)cc1)C(F)(F)C(F)(F)F)C(=O)NCC#N. The molecule has 0 aromatic heterocycles. The predicted octanol–water partition coefficient (Wildman–Crippen LogP) is 4.33. The van der Waals surface area contributed by atoms with Crippen molar-refractivity contribution in [3.63, 3.8) is 0 Å². The zero-order chi connectivity index (χ0) is 20.8. The minimum absolute atomic E-state index is 0.0121. The van der Waals surface area contributed by atoms with Crippen molar-refractivity contribution >= 4 is 21.8 Å². The second-order valence-corrected chi connectivity index (χ2v) is 7.25. The van der Waals surface area contributed by atoms with Crippen LogP contribution in [0.15, 0.2) is 28.7 Å². The number of benzene rings is 1. The van der Waals surface area contributed by atoms with E-state index in [1.807, 2.05) is 0 Å². The van der Waals surface area contributed by atoms with Gasteiger partial charge in [0.15, 0.2) is 0 Å². The molecule has 1 aromatic carbocycles. The van der Waals surface area contributed by atoms with Gasteiger partial charge in [0.2, 0.25) is 5.91 Å². The van der Waals surface area contributed by atoms with E-state index in [0.29, 0.717) is 4.47 Å².